The highest BCUT2D eigenvalue weighted by Gasteiger charge is 2.46. The molecule has 2 unspecified atom stereocenters. The number of rotatable bonds is 0. The standard InChI is InChI=1S/C9H16F3N/c1-8(2,3)6-4-7(13-5-6)9(10,11)12/h6-7,13H,4-5H2,1-3H3. The van der Waals surface area contributed by atoms with E-state index < -0.39 is 12.2 Å². The van der Waals surface area contributed by atoms with Gasteiger partial charge in [0.05, 0.1) is 0 Å². The fourth-order valence-corrected chi connectivity index (χ4v) is 1.64. The van der Waals surface area contributed by atoms with Gasteiger partial charge in [-0.05, 0) is 24.3 Å². The van der Waals surface area contributed by atoms with Crippen LogP contribution in [0.5, 0.6) is 0 Å². The van der Waals surface area contributed by atoms with Gasteiger partial charge in [0.25, 0.3) is 0 Å². The topological polar surface area (TPSA) is 12.0 Å². The van der Waals surface area contributed by atoms with Gasteiger partial charge in [-0.15, -0.1) is 0 Å². The minimum atomic E-state index is -4.08. The fourth-order valence-electron chi connectivity index (χ4n) is 1.64. The van der Waals surface area contributed by atoms with Crippen molar-refractivity contribution in [3.05, 3.63) is 0 Å². The third kappa shape index (κ3) is 2.59. The monoisotopic (exact) mass is 195 g/mol. The van der Waals surface area contributed by atoms with Gasteiger partial charge in [0.1, 0.15) is 6.04 Å². The maximum absolute atomic E-state index is 12.3. The predicted molar refractivity (Wildman–Crippen MR) is 45.4 cm³/mol. The second kappa shape index (κ2) is 3.15. The molecule has 1 heterocycles. The normalized spacial score (nSPS) is 30.9. The first-order chi connectivity index (χ1) is 5.71. The second-order valence-electron chi connectivity index (χ2n) is 4.80. The third-order valence-corrected chi connectivity index (χ3v) is 2.75. The van der Waals surface area contributed by atoms with E-state index >= 15 is 0 Å². The zero-order valence-electron chi connectivity index (χ0n) is 8.20. The quantitative estimate of drug-likeness (QED) is 0.626. The maximum atomic E-state index is 12.3. The minimum absolute atomic E-state index is 0.0347. The molecule has 0 aromatic heterocycles. The van der Waals surface area contributed by atoms with Crippen molar-refractivity contribution in [1.82, 2.24) is 5.32 Å². The van der Waals surface area contributed by atoms with Gasteiger partial charge in [-0.3, -0.25) is 0 Å². The first kappa shape index (κ1) is 10.8. The van der Waals surface area contributed by atoms with Crippen molar-refractivity contribution in [2.45, 2.75) is 39.4 Å². The van der Waals surface area contributed by atoms with Crippen LogP contribution in [0.25, 0.3) is 0 Å². The van der Waals surface area contributed by atoms with E-state index in [4.69, 9.17) is 0 Å². The van der Waals surface area contributed by atoms with Gasteiger partial charge in [0.2, 0.25) is 0 Å². The zero-order valence-corrected chi connectivity index (χ0v) is 8.20. The van der Waals surface area contributed by atoms with Gasteiger partial charge in [-0.25, -0.2) is 0 Å². The molecule has 0 aromatic carbocycles. The molecule has 0 amide bonds. The van der Waals surface area contributed by atoms with Crippen LogP contribution in [0.2, 0.25) is 0 Å². The summed E-state index contributed by atoms with van der Waals surface area (Å²) >= 11 is 0. The Bertz CT molecular complexity index is 160. The Morgan fingerprint density at radius 3 is 1.92 bits per heavy atom. The number of hydrogen-bond acceptors (Lipinski definition) is 1. The smallest absolute Gasteiger partial charge is 0.306 e. The molecule has 0 aliphatic carbocycles. The molecule has 78 valence electrons. The van der Waals surface area contributed by atoms with Crippen molar-refractivity contribution in [2.24, 2.45) is 11.3 Å². The Hall–Kier alpha value is -0.250. The molecule has 1 saturated heterocycles. The molecule has 0 radical (unpaired) electrons. The minimum Gasteiger partial charge on any atom is -0.306 e. The Kier molecular flexibility index (Phi) is 2.63. The largest absolute Gasteiger partial charge is 0.403 e. The highest BCUT2D eigenvalue weighted by Crippen LogP contribution is 2.37. The molecule has 0 saturated carbocycles. The second-order valence-corrected chi connectivity index (χ2v) is 4.80. The number of halogens is 3. The summed E-state index contributed by atoms with van der Waals surface area (Å²) < 4.78 is 36.8. The summed E-state index contributed by atoms with van der Waals surface area (Å²) in [5.41, 5.74) is -0.0347. The average Bonchev–Trinajstić information content (AvgIpc) is 2.28. The van der Waals surface area contributed by atoms with E-state index in [0.717, 1.165) is 0 Å². The van der Waals surface area contributed by atoms with Crippen LogP contribution in [0.15, 0.2) is 0 Å². The summed E-state index contributed by atoms with van der Waals surface area (Å²) in [6, 6.07) is -1.29. The molecular formula is C9H16F3N. The molecule has 2 atom stereocenters. The van der Waals surface area contributed by atoms with Crippen molar-refractivity contribution in [3.8, 4) is 0 Å². The molecule has 4 heteroatoms. The Balaban J connectivity index is 2.55. The molecular weight excluding hydrogens is 179 g/mol. The van der Waals surface area contributed by atoms with Crippen molar-refractivity contribution in [2.75, 3.05) is 6.54 Å². The zero-order chi connectivity index (χ0) is 10.3. The first-order valence-electron chi connectivity index (χ1n) is 4.51. The van der Waals surface area contributed by atoms with Crippen LogP contribution in [-0.2, 0) is 0 Å². The van der Waals surface area contributed by atoms with Crippen molar-refractivity contribution < 1.29 is 13.2 Å². The third-order valence-electron chi connectivity index (χ3n) is 2.75. The van der Waals surface area contributed by atoms with Crippen LogP contribution >= 0.6 is 0 Å². The molecule has 1 aliphatic heterocycles. The summed E-state index contributed by atoms with van der Waals surface area (Å²) in [6.07, 6.45) is -3.87. The lowest BCUT2D eigenvalue weighted by Gasteiger charge is -2.26. The van der Waals surface area contributed by atoms with E-state index in [0.29, 0.717) is 6.54 Å². The van der Waals surface area contributed by atoms with Crippen molar-refractivity contribution >= 4 is 0 Å². The highest BCUT2D eigenvalue weighted by molar-refractivity contribution is 4.91. The van der Waals surface area contributed by atoms with Crippen LogP contribution in [0, 0.1) is 11.3 Å². The molecule has 1 N–H and O–H groups in total. The van der Waals surface area contributed by atoms with Crippen LogP contribution < -0.4 is 5.32 Å². The Morgan fingerprint density at radius 1 is 1.15 bits per heavy atom. The summed E-state index contributed by atoms with van der Waals surface area (Å²) in [5, 5.41) is 2.53. The Morgan fingerprint density at radius 2 is 1.69 bits per heavy atom. The highest BCUT2D eigenvalue weighted by atomic mass is 19.4. The lowest BCUT2D eigenvalue weighted by atomic mass is 9.79. The van der Waals surface area contributed by atoms with Gasteiger partial charge in [-0.1, -0.05) is 20.8 Å². The lowest BCUT2D eigenvalue weighted by Crippen LogP contribution is -2.36. The summed E-state index contributed by atoms with van der Waals surface area (Å²) in [5.74, 6) is 0.124. The molecule has 0 aromatic rings. The van der Waals surface area contributed by atoms with Gasteiger partial charge in [0, 0.05) is 0 Å². The Labute approximate surface area is 76.7 Å². The number of alkyl halides is 3. The van der Waals surface area contributed by atoms with Crippen LogP contribution in [0.4, 0.5) is 13.2 Å². The van der Waals surface area contributed by atoms with Gasteiger partial charge in [-0.2, -0.15) is 13.2 Å². The summed E-state index contributed by atoms with van der Waals surface area (Å²) in [7, 11) is 0. The first-order valence-corrected chi connectivity index (χ1v) is 4.51. The SMILES string of the molecule is CC(C)(C)C1CNC(C(F)(F)F)C1. The molecule has 13 heavy (non-hydrogen) atoms. The summed E-state index contributed by atoms with van der Waals surface area (Å²) in [4.78, 5) is 0. The molecule has 1 fully saturated rings. The van der Waals surface area contributed by atoms with E-state index in [2.05, 4.69) is 5.32 Å². The van der Waals surface area contributed by atoms with Crippen LogP contribution in [0.3, 0.4) is 0 Å². The van der Waals surface area contributed by atoms with E-state index in [9.17, 15) is 13.2 Å². The van der Waals surface area contributed by atoms with E-state index in [1.165, 1.54) is 0 Å². The van der Waals surface area contributed by atoms with E-state index in [1.807, 2.05) is 20.8 Å². The molecule has 1 rings (SSSR count). The molecule has 1 nitrogen and oxygen atoms in total. The van der Waals surface area contributed by atoms with Crippen LogP contribution in [-0.4, -0.2) is 18.8 Å². The van der Waals surface area contributed by atoms with Gasteiger partial charge >= 0.3 is 6.18 Å². The van der Waals surface area contributed by atoms with E-state index in [-0.39, 0.29) is 17.8 Å². The maximum Gasteiger partial charge on any atom is 0.403 e. The van der Waals surface area contributed by atoms with Crippen LogP contribution in [0.1, 0.15) is 27.2 Å². The predicted octanol–water partition coefficient (Wildman–Crippen LogP) is 2.57. The molecule has 0 spiro atoms. The van der Waals surface area contributed by atoms with Crippen molar-refractivity contribution in [3.63, 3.8) is 0 Å². The number of hydrogen-bond donors (Lipinski definition) is 1. The van der Waals surface area contributed by atoms with Gasteiger partial charge in [0.15, 0.2) is 0 Å². The van der Waals surface area contributed by atoms with Gasteiger partial charge < -0.3 is 5.32 Å². The average molecular weight is 195 g/mol. The lowest BCUT2D eigenvalue weighted by molar-refractivity contribution is -0.152. The number of nitrogens with one attached hydrogen (secondary N) is 1. The summed E-state index contributed by atoms with van der Waals surface area (Å²) in [6.45, 7) is 6.43. The molecule has 0 bridgehead atoms. The van der Waals surface area contributed by atoms with Crippen molar-refractivity contribution in [1.29, 1.82) is 0 Å². The van der Waals surface area contributed by atoms with E-state index in [1.54, 1.807) is 0 Å². The fraction of sp³-hybridized carbons (Fsp3) is 1.00. The molecule has 1 aliphatic rings.